The lowest BCUT2D eigenvalue weighted by atomic mass is 9.60. The zero-order valence-corrected chi connectivity index (χ0v) is 20.4. The molecular formula is C31H29N3O2. The van der Waals surface area contributed by atoms with Crippen LogP contribution < -0.4 is 5.32 Å². The number of imidazole rings is 1. The highest BCUT2D eigenvalue weighted by Crippen LogP contribution is 2.54. The minimum atomic E-state index is -0.576. The molecule has 0 amide bonds. The van der Waals surface area contributed by atoms with E-state index in [1.807, 2.05) is 61.5 Å². The average Bonchev–Trinajstić information content (AvgIpc) is 3.19. The molecule has 0 fully saturated rings. The second-order valence-electron chi connectivity index (χ2n) is 9.80. The van der Waals surface area contributed by atoms with Crippen LogP contribution in [0, 0.1) is 13.8 Å². The van der Waals surface area contributed by atoms with Crippen molar-refractivity contribution in [3.05, 3.63) is 125 Å². The average molecular weight is 476 g/mol. The lowest BCUT2D eigenvalue weighted by Crippen LogP contribution is -2.46. The fraction of sp³-hybridized carbons (Fsp3) is 0.194. The van der Waals surface area contributed by atoms with Gasteiger partial charge in [0.25, 0.3) is 0 Å². The van der Waals surface area contributed by atoms with Crippen LogP contribution in [0.3, 0.4) is 0 Å². The number of aromatic hydroxyl groups is 2. The number of anilines is 1. The van der Waals surface area contributed by atoms with E-state index in [-0.39, 0.29) is 17.4 Å². The van der Waals surface area contributed by atoms with Crippen molar-refractivity contribution in [2.75, 3.05) is 11.9 Å². The molecule has 0 radical (unpaired) electrons. The predicted molar refractivity (Wildman–Crippen MR) is 143 cm³/mol. The number of phenols is 2. The summed E-state index contributed by atoms with van der Waals surface area (Å²) in [6, 6.07) is 27.7. The highest BCUT2D eigenvalue weighted by Gasteiger charge is 2.48. The number of nitrogens with one attached hydrogen (secondary N) is 1. The van der Waals surface area contributed by atoms with E-state index in [1.165, 1.54) is 5.56 Å². The maximum atomic E-state index is 11.2. The summed E-state index contributed by atoms with van der Waals surface area (Å²) < 4.78 is 2.12. The summed E-state index contributed by atoms with van der Waals surface area (Å²) in [4.78, 5) is 4.89. The van der Waals surface area contributed by atoms with Gasteiger partial charge in [0.1, 0.15) is 11.5 Å². The van der Waals surface area contributed by atoms with Crippen LogP contribution in [0.25, 0.3) is 5.65 Å². The van der Waals surface area contributed by atoms with Crippen LogP contribution >= 0.6 is 0 Å². The van der Waals surface area contributed by atoms with Crippen molar-refractivity contribution in [2.45, 2.75) is 31.6 Å². The van der Waals surface area contributed by atoms with Gasteiger partial charge in [0.15, 0.2) is 5.65 Å². The number of hydrogen-bond donors (Lipinski definition) is 3. The third-order valence-electron chi connectivity index (χ3n) is 7.80. The van der Waals surface area contributed by atoms with Crippen LogP contribution in [0.5, 0.6) is 11.5 Å². The summed E-state index contributed by atoms with van der Waals surface area (Å²) in [6.07, 6.45) is 2.75. The second kappa shape index (κ2) is 8.45. The summed E-state index contributed by atoms with van der Waals surface area (Å²) in [5.41, 5.74) is 7.29. The van der Waals surface area contributed by atoms with Crippen LogP contribution in [-0.2, 0) is 11.8 Å². The molecule has 0 saturated carbocycles. The lowest BCUT2D eigenvalue weighted by molar-refractivity contribution is 0.351. The van der Waals surface area contributed by atoms with E-state index < -0.39 is 5.41 Å². The van der Waals surface area contributed by atoms with Gasteiger partial charge in [0.2, 0.25) is 0 Å². The lowest BCUT2D eigenvalue weighted by Gasteiger charge is -2.47. The van der Waals surface area contributed by atoms with Gasteiger partial charge in [0, 0.05) is 40.9 Å². The molecule has 3 heterocycles. The summed E-state index contributed by atoms with van der Waals surface area (Å²) in [6.45, 7) is 4.67. The van der Waals surface area contributed by atoms with E-state index in [9.17, 15) is 10.2 Å². The minimum Gasteiger partial charge on any atom is -0.508 e. The molecule has 0 bridgehead atoms. The van der Waals surface area contributed by atoms with Crippen molar-refractivity contribution in [1.82, 2.24) is 9.38 Å². The molecule has 0 spiro atoms. The number of aromatic nitrogens is 2. The van der Waals surface area contributed by atoms with Gasteiger partial charge in [-0.1, -0.05) is 66.7 Å². The Bertz CT molecular complexity index is 1570. The van der Waals surface area contributed by atoms with Crippen LogP contribution in [0.4, 0.5) is 5.69 Å². The third-order valence-corrected chi connectivity index (χ3v) is 7.80. The number of hydrogen-bond acceptors (Lipinski definition) is 4. The number of para-hydroxylation sites is 2. The van der Waals surface area contributed by atoms with Gasteiger partial charge in [-0.25, -0.2) is 4.98 Å². The summed E-state index contributed by atoms with van der Waals surface area (Å²) in [5, 5.41) is 26.1. The number of benzene rings is 3. The fourth-order valence-corrected chi connectivity index (χ4v) is 5.98. The van der Waals surface area contributed by atoms with Gasteiger partial charge < -0.3 is 19.9 Å². The van der Waals surface area contributed by atoms with Crippen molar-refractivity contribution in [2.24, 2.45) is 0 Å². The molecular weight excluding hydrogens is 446 g/mol. The number of fused-ring (bicyclic) bond motifs is 3. The quantitative estimate of drug-likeness (QED) is 0.294. The van der Waals surface area contributed by atoms with E-state index in [2.05, 4.69) is 41.0 Å². The van der Waals surface area contributed by atoms with Gasteiger partial charge in [0.05, 0.1) is 11.4 Å². The Balaban J connectivity index is 1.68. The standard InChI is InChI=1S/C31H29N3O2/c1-20-21(2)34-17-16-24-28(23-12-6-8-14-26(23)35)31(18-22-10-4-3-5-11-22,19-32-29(24)30(34)33-20)25-13-7-9-15-27(25)36/h3-17,28,32,35-36H,18-19H2,1-2H3/t28-,31-/m1/s1. The largest absolute Gasteiger partial charge is 0.508 e. The first kappa shape index (κ1) is 22.2. The smallest absolute Gasteiger partial charge is 0.161 e. The SMILES string of the molecule is Cc1nc2c3c(ccn2c1C)[C@@H](c1ccccc1O)[C@@](Cc1ccccc1)(c1ccccc1O)CN3. The Hall–Kier alpha value is -4.25. The molecule has 0 aliphatic carbocycles. The van der Waals surface area contributed by atoms with Crippen LogP contribution in [-0.4, -0.2) is 26.1 Å². The molecule has 1 aliphatic rings. The molecule has 5 heteroatoms. The van der Waals surface area contributed by atoms with Crippen LogP contribution in [0.15, 0.2) is 91.1 Å². The second-order valence-corrected chi connectivity index (χ2v) is 9.80. The zero-order valence-electron chi connectivity index (χ0n) is 20.4. The fourth-order valence-electron chi connectivity index (χ4n) is 5.98. The Labute approximate surface area is 210 Å². The van der Waals surface area contributed by atoms with E-state index in [0.717, 1.165) is 39.4 Å². The van der Waals surface area contributed by atoms with Crippen LogP contribution in [0.2, 0.25) is 0 Å². The van der Waals surface area contributed by atoms with Crippen molar-refractivity contribution < 1.29 is 10.2 Å². The van der Waals surface area contributed by atoms with Crippen molar-refractivity contribution >= 4 is 11.3 Å². The number of nitrogens with zero attached hydrogens (tertiary/aromatic N) is 2. The monoisotopic (exact) mass is 475 g/mol. The predicted octanol–water partition coefficient (Wildman–Crippen LogP) is 6.10. The van der Waals surface area contributed by atoms with E-state index in [1.54, 1.807) is 12.1 Å². The number of aryl methyl sites for hydroxylation is 2. The third kappa shape index (κ3) is 3.34. The molecule has 0 unspecified atom stereocenters. The summed E-state index contributed by atoms with van der Waals surface area (Å²) >= 11 is 0. The normalized spacial score (nSPS) is 19.1. The van der Waals surface area contributed by atoms with E-state index >= 15 is 0 Å². The molecule has 0 saturated heterocycles. The highest BCUT2D eigenvalue weighted by atomic mass is 16.3. The Morgan fingerprint density at radius 2 is 1.56 bits per heavy atom. The topological polar surface area (TPSA) is 69.8 Å². The van der Waals surface area contributed by atoms with Gasteiger partial charge in [-0.2, -0.15) is 0 Å². The number of pyridine rings is 1. The maximum Gasteiger partial charge on any atom is 0.161 e. The number of rotatable bonds is 4. The maximum absolute atomic E-state index is 11.2. The molecule has 1 aliphatic heterocycles. The Kier molecular flexibility index (Phi) is 5.22. The van der Waals surface area contributed by atoms with Gasteiger partial charge in [-0.05, 0) is 49.6 Å². The molecule has 2 atom stereocenters. The molecule has 2 aromatic heterocycles. The number of phenolic OH excluding ortho intramolecular Hbond substituents is 2. The molecule has 6 rings (SSSR count). The first-order valence-corrected chi connectivity index (χ1v) is 12.3. The van der Waals surface area contributed by atoms with E-state index in [4.69, 9.17) is 4.98 Å². The molecule has 3 aromatic carbocycles. The highest BCUT2D eigenvalue weighted by molar-refractivity contribution is 5.77. The first-order chi connectivity index (χ1) is 17.5. The van der Waals surface area contributed by atoms with Gasteiger partial charge >= 0.3 is 0 Å². The van der Waals surface area contributed by atoms with Crippen molar-refractivity contribution in [3.63, 3.8) is 0 Å². The summed E-state index contributed by atoms with van der Waals surface area (Å²) in [7, 11) is 0. The zero-order chi connectivity index (χ0) is 24.9. The molecule has 5 aromatic rings. The Morgan fingerprint density at radius 3 is 2.31 bits per heavy atom. The van der Waals surface area contributed by atoms with Gasteiger partial charge in [-0.15, -0.1) is 0 Å². The van der Waals surface area contributed by atoms with Gasteiger partial charge in [-0.3, -0.25) is 0 Å². The van der Waals surface area contributed by atoms with Crippen LogP contribution in [0.1, 0.15) is 39.6 Å². The van der Waals surface area contributed by atoms with Crippen molar-refractivity contribution in [3.8, 4) is 11.5 Å². The molecule has 180 valence electrons. The molecule has 5 nitrogen and oxygen atoms in total. The molecule has 36 heavy (non-hydrogen) atoms. The molecule has 3 N–H and O–H groups in total. The van der Waals surface area contributed by atoms with E-state index in [0.29, 0.717) is 13.0 Å². The summed E-state index contributed by atoms with van der Waals surface area (Å²) in [5.74, 6) is 0.275. The minimum absolute atomic E-state index is 0.231. The first-order valence-electron chi connectivity index (χ1n) is 12.3. The Morgan fingerprint density at radius 1 is 0.861 bits per heavy atom. The van der Waals surface area contributed by atoms with Crippen molar-refractivity contribution in [1.29, 1.82) is 0 Å².